The third kappa shape index (κ3) is 2.39. The molecule has 1 N–H and O–H groups in total. The summed E-state index contributed by atoms with van der Waals surface area (Å²) in [6.45, 7) is 10.2. The maximum atomic E-state index is 11.2. The van der Waals surface area contributed by atoms with E-state index in [4.69, 9.17) is 11.6 Å². The van der Waals surface area contributed by atoms with Crippen LogP contribution in [0.4, 0.5) is 0 Å². The monoisotopic (exact) mass is 255 g/mol. The molecule has 1 heterocycles. The van der Waals surface area contributed by atoms with Crippen LogP contribution in [-0.4, -0.2) is 15.6 Å². The summed E-state index contributed by atoms with van der Waals surface area (Å²) in [7, 11) is 0. The quantitative estimate of drug-likeness (QED) is 0.812. The van der Waals surface area contributed by atoms with Gasteiger partial charge in [0.2, 0.25) is 0 Å². The van der Waals surface area contributed by atoms with Gasteiger partial charge in [0.1, 0.15) is 0 Å². The van der Waals surface area contributed by atoms with Crippen molar-refractivity contribution in [3.63, 3.8) is 0 Å². The van der Waals surface area contributed by atoms with Crippen molar-refractivity contribution in [2.45, 2.75) is 39.7 Å². The fourth-order valence-electron chi connectivity index (χ4n) is 2.01. The van der Waals surface area contributed by atoms with Crippen LogP contribution in [0.5, 0.6) is 0 Å². The molecule has 0 fully saturated rings. The van der Waals surface area contributed by atoms with Gasteiger partial charge in [-0.25, -0.2) is 4.79 Å². The van der Waals surface area contributed by atoms with E-state index in [1.807, 2.05) is 11.5 Å². The highest BCUT2D eigenvalue weighted by Gasteiger charge is 2.25. The van der Waals surface area contributed by atoms with E-state index in [-0.39, 0.29) is 11.5 Å². The minimum absolute atomic E-state index is 0.212. The number of aromatic carboxylic acids is 1. The number of nitrogens with zero attached hydrogens (tertiary/aromatic N) is 1. The Hall–Kier alpha value is -1.22. The second kappa shape index (κ2) is 5.41. The molecule has 0 aliphatic rings. The molecule has 0 bridgehead atoms. The molecule has 0 saturated carbocycles. The molecule has 0 aliphatic heterocycles. The Bertz CT molecular complexity index is 449. The average molecular weight is 256 g/mol. The van der Waals surface area contributed by atoms with E-state index in [0.717, 1.165) is 12.1 Å². The third-order valence-electron chi connectivity index (χ3n) is 3.11. The standard InChI is InChI=1S/C13H18ClNO2/c1-5-7-15-9(4)10(13(16)17)11(14)12(15)8(3)6-2/h5,8H,1,6-7H2,2-4H3,(H,16,17). The number of aromatic nitrogens is 1. The summed E-state index contributed by atoms with van der Waals surface area (Å²) in [5, 5.41) is 9.55. The minimum atomic E-state index is -0.972. The predicted octanol–water partition coefficient (Wildman–Crippen LogP) is 3.85. The van der Waals surface area contributed by atoms with Crippen LogP contribution >= 0.6 is 11.6 Å². The van der Waals surface area contributed by atoms with Crippen molar-refractivity contribution in [2.75, 3.05) is 0 Å². The molecule has 0 saturated heterocycles. The van der Waals surface area contributed by atoms with Crippen LogP contribution in [0.15, 0.2) is 12.7 Å². The summed E-state index contributed by atoms with van der Waals surface area (Å²) in [5.41, 5.74) is 1.80. The van der Waals surface area contributed by atoms with Gasteiger partial charge in [0.15, 0.2) is 0 Å². The van der Waals surface area contributed by atoms with Crippen molar-refractivity contribution >= 4 is 17.6 Å². The number of carboxylic acids is 1. The van der Waals surface area contributed by atoms with Crippen LogP contribution in [0.3, 0.4) is 0 Å². The molecule has 4 heteroatoms. The Morgan fingerprint density at radius 2 is 2.24 bits per heavy atom. The molecule has 1 aromatic heterocycles. The van der Waals surface area contributed by atoms with E-state index in [2.05, 4.69) is 13.5 Å². The van der Waals surface area contributed by atoms with Gasteiger partial charge in [-0.15, -0.1) is 6.58 Å². The van der Waals surface area contributed by atoms with E-state index in [1.54, 1.807) is 13.0 Å². The number of hydrogen-bond donors (Lipinski definition) is 1. The van der Waals surface area contributed by atoms with Crippen molar-refractivity contribution < 1.29 is 9.90 Å². The van der Waals surface area contributed by atoms with Crippen molar-refractivity contribution in [1.82, 2.24) is 4.57 Å². The first-order valence-corrected chi connectivity index (χ1v) is 6.06. The lowest BCUT2D eigenvalue weighted by Gasteiger charge is -2.14. The molecule has 0 amide bonds. The lowest BCUT2D eigenvalue weighted by Crippen LogP contribution is -2.06. The molecular formula is C13H18ClNO2. The zero-order valence-electron chi connectivity index (χ0n) is 10.5. The van der Waals surface area contributed by atoms with E-state index in [0.29, 0.717) is 17.3 Å². The third-order valence-corrected chi connectivity index (χ3v) is 3.49. The maximum Gasteiger partial charge on any atom is 0.339 e. The molecule has 0 aliphatic carbocycles. The van der Waals surface area contributed by atoms with Crippen LogP contribution < -0.4 is 0 Å². The lowest BCUT2D eigenvalue weighted by molar-refractivity contribution is 0.0696. The zero-order chi connectivity index (χ0) is 13.2. The second-order valence-corrected chi connectivity index (χ2v) is 4.55. The summed E-state index contributed by atoms with van der Waals surface area (Å²) < 4.78 is 1.94. The van der Waals surface area contributed by atoms with Crippen molar-refractivity contribution in [1.29, 1.82) is 0 Å². The van der Waals surface area contributed by atoms with Gasteiger partial charge >= 0.3 is 5.97 Å². The van der Waals surface area contributed by atoms with Crippen LogP contribution in [0.1, 0.15) is 47.9 Å². The van der Waals surface area contributed by atoms with Crippen molar-refractivity contribution in [3.05, 3.63) is 34.6 Å². The minimum Gasteiger partial charge on any atom is -0.478 e. The first-order chi connectivity index (χ1) is 7.95. The first-order valence-electron chi connectivity index (χ1n) is 5.68. The molecule has 1 unspecified atom stereocenters. The summed E-state index contributed by atoms with van der Waals surface area (Å²) in [5.74, 6) is -0.742. The molecule has 17 heavy (non-hydrogen) atoms. The lowest BCUT2D eigenvalue weighted by atomic mass is 10.0. The van der Waals surface area contributed by atoms with E-state index < -0.39 is 5.97 Å². The SMILES string of the molecule is C=CCn1c(C)c(C(=O)O)c(Cl)c1C(C)CC. The Balaban J connectivity index is 3.50. The molecule has 1 aromatic rings. The summed E-state index contributed by atoms with van der Waals surface area (Å²) in [6.07, 6.45) is 2.67. The van der Waals surface area contributed by atoms with Gasteiger partial charge in [-0.05, 0) is 19.3 Å². The summed E-state index contributed by atoms with van der Waals surface area (Å²) in [4.78, 5) is 11.2. The van der Waals surface area contributed by atoms with E-state index in [9.17, 15) is 9.90 Å². The fraction of sp³-hybridized carbons (Fsp3) is 0.462. The van der Waals surface area contributed by atoms with Gasteiger partial charge < -0.3 is 9.67 Å². The fourth-order valence-corrected chi connectivity index (χ4v) is 2.52. The van der Waals surface area contributed by atoms with Crippen LogP contribution in [-0.2, 0) is 6.54 Å². The number of allylic oxidation sites excluding steroid dienone is 1. The van der Waals surface area contributed by atoms with Crippen LogP contribution in [0.2, 0.25) is 5.02 Å². The summed E-state index contributed by atoms with van der Waals surface area (Å²) >= 11 is 6.20. The Morgan fingerprint density at radius 1 is 1.65 bits per heavy atom. The molecule has 3 nitrogen and oxygen atoms in total. The topological polar surface area (TPSA) is 42.2 Å². The Morgan fingerprint density at radius 3 is 2.65 bits per heavy atom. The van der Waals surface area contributed by atoms with Crippen LogP contribution in [0.25, 0.3) is 0 Å². The molecule has 94 valence electrons. The number of carboxylic acid groups (broad SMARTS) is 1. The molecular weight excluding hydrogens is 238 g/mol. The van der Waals surface area contributed by atoms with Gasteiger partial charge in [0.05, 0.1) is 10.6 Å². The highest BCUT2D eigenvalue weighted by Crippen LogP contribution is 2.34. The smallest absolute Gasteiger partial charge is 0.339 e. The Labute approximate surface area is 107 Å². The van der Waals surface area contributed by atoms with Crippen molar-refractivity contribution in [3.8, 4) is 0 Å². The average Bonchev–Trinajstić information content (AvgIpc) is 2.50. The molecule has 1 rings (SSSR count). The number of hydrogen-bond acceptors (Lipinski definition) is 1. The normalized spacial score (nSPS) is 12.5. The zero-order valence-corrected chi connectivity index (χ0v) is 11.2. The molecule has 0 aromatic carbocycles. The largest absolute Gasteiger partial charge is 0.478 e. The van der Waals surface area contributed by atoms with Gasteiger partial charge in [0.25, 0.3) is 0 Å². The van der Waals surface area contributed by atoms with Crippen LogP contribution in [0, 0.1) is 6.92 Å². The summed E-state index contributed by atoms with van der Waals surface area (Å²) in [6, 6.07) is 0. The van der Waals surface area contributed by atoms with E-state index in [1.165, 1.54) is 0 Å². The predicted molar refractivity (Wildman–Crippen MR) is 70.0 cm³/mol. The van der Waals surface area contributed by atoms with E-state index >= 15 is 0 Å². The number of rotatable bonds is 5. The van der Waals surface area contributed by atoms with Gasteiger partial charge in [-0.3, -0.25) is 0 Å². The van der Waals surface area contributed by atoms with Gasteiger partial charge in [0, 0.05) is 17.9 Å². The van der Waals surface area contributed by atoms with Gasteiger partial charge in [-0.1, -0.05) is 31.5 Å². The number of halogens is 1. The molecule has 0 spiro atoms. The highest BCUT2D eigenvalue weighted by atomic mass is 35.5. The maximum absolute atomic E-state index is 11.2. The first kappa shape index (κ1) is 13.8. The van der Waals surface area contributed by atoms with Gasteiger partial charge in [-0.2, -0.15) is 0 Å². The molecule has 0 radical (unpaired) electrons. The van der Waals surface area contributed by atoms with Crippen molar-refractivity contribution in [2.24, 2.45) is 0 Å². The number of carbonyl (C=O) groups is 1. The molecule has 1 atom stereocenters. The second-order valence-electron chi connectivity index (χ2n) is 4.17. The highest BCUT2D eigenvalue weighted by molar-refractivity contribution is 6.34. The Kier molecular flexibility index (Phi) is 4.40.